The fourth-order valence-corrected chi connectivity index (χ4v) is 3.38. The summed E-state index contributed by atoms with van der Waals surface area (Å²) in [6.07, 6.45) is 1.50. The van der Waals surface area contributed by atoms with Gasteiger partial charge in [0.25, 0.3) is 0 Å². The highest BCUT2D eigenvalue weighted by Crippen LogP contribution is 2.28. The van der Waals surface area contributed by atoms with Crippen molar-refractivity contribution in [2.75, 3.05) is 10.6 Å². The average Bonchev–Trinajstić information content (AvgIpc) is 2.75. The Morgan fingerprint density at radius 1 is 0.933 bits per heavy atom. The zero-order valence-corrected chi connectivity index (χ0v) is 17.5. The van der Waals surface area contributed by atoms with Crippen molar-refractivity contribution in [1.82, 2.24) is 9.97 Å². The van der Waals surface area contributed by atoms with Gasteiger partial charge in [-0.25, -0.2) is 14.4 Å². The van der Waals surface area contributed by atoms with Gasteiger partial charge in [-0.15, -0.1) is 0 Å². The van der Waals surface area contributed by atoms with Crippen LogP contribution in [0.1, 0.15) is 30.9 Å². The number of hydrogen-bond donors (Lipinski definition) is 2. The van der Waals surface area contributed by atoms with Crippen molar-refractivity contribution in [3.8, 4) is 0 Å². The average molecular weight is 421 g/mol. The van der Waals surface area contributed by atoms with Crippen molar-refractivity contribution in [2.24, 2.45) is 0 Å². The Balaban J connectivity index is 1.55. The molecule has 0 atom stereocenters. The maximum absolute atomic E-state index is 13.4. The van der Waals surface area contributed by atoms with E-state index in [1.165, 1.54) is 29.6 Å². The number of halogens is 2. The third-order valence-corrected chi connectivity index (χ3v) is 5.25. The van der Waals surface area contributed by atoms with Gasteiger partial charge < -0.3 is 10.6 Å². The SMILES string of the molecule is CC(C)c1ccc(CNc2ccc3ncnc(Nc4ccc(F)c(Cl)c4)c3c2)cc1. The van der Waals surface area contributed by atoms with Crippen LogP contribution in [0, 0.1) is 5.82 Å². The van der Waals surface area contributed by atoms with Crippen LogP contribution in [0.4, 0.5) is 21.6 Å². The maximum atomic E-state index is 13.4. The Kier molecular flexibility index (Phi) is 5.81. The fourth-order valence-electron chi connectivity index (χ4n) is 3.20. The topological polar surface area (TPSA) is 49.8 Å². The highest BCUT2D eigenvalue weighted by atomic mass is 35.5. The lowest BCUT2D eigenvalue weighted by Crippen LogP contribution is -2.01. The summed E-state index contributed by atoms with van der Waals surface area (Å²) < 4.78 is 13.4. The van der Waals surface area contributed by atoms with Gasteiger partial charge in [-0.3, -0.25) is 0 Å². The summed E-state index contributed by atoms with van der Waals surface area (Å²) in [5.41, 5.74) is 4.98. The molecule has 0 saturated heterocycles. The Morgan fingerprint density at radius 2 is 1.70 bits per heavy atom. The normalized spacial score (nSPS) is 11.1. The molecule has 0 spiro atoms. The van der Waals surface area contributed by atoms with Crippen LogP contribution in [0.2, 0.25) is 5.02 Å². The number of hydrogen-bond acceptors (Lipinski definition) is 4. The summed E-state index contributed by atoms with van der Waals surface area (Å²) in [7, 11) is 0. The molecular weight excluding hydrogens is 399 g/mol. The molecule has 0 aliphatic heterocycles. The molecule has 4 nitrogen and oxygen atoms in total. The zero-order valence-electron chi connectivity index (χ0n) is 16.8. The molecule has 0 aliphatic rings. The van der Waals surface area contributed by atoms with Crippen molar-refractivity contribution in [3.05, 3.63) is 89.0 Å². The molecule has 0 bridgehead atoms. The smallest absolute Gasteiger partial charge is 0.141 e. The molecule has 0 fully saturated rings. The molecule has 4 aromatic rings. The number of aromatic nitrogens is 2. The predicted octanol–water partition coefficient (Wildman–Crippen LogP) is 6.90. The first-order chi connectivity index (χ1) is 14.5. The van der Waals surface area contributed by atoms with Crippen LogP contribution in [0.15, 0.2) is 67.0 Å². The first-order valence-electron chi connectivity index (χ1n) is 9.79. The minimum absolute atomic E-state index is 0.0594. The highest BCUT2D eigenvalue weighted by Gasteiger charge is 2.08. The van der Waals surface area contributed by atoms with Gasteiger partial charge in [0, 0.05) is 23.3 Å². The van der Waals surface area contributed by atoms with E-state index in [2.05, 4.69) is 58.7 Å². The van der Waals surface area contributed by atoms with E-state index >= 15 is 0 Å². The van der Waals surface area contributed by atoms with Crippen molar-refractivity contribution >= 4 is 39.7 Å². The van der Waals surface area contributed by atoms with Crippen molar-refractivity contribution < 1.29 is 4.39 Å². The van der Waals surface area contributed by atoms with E-state index in [9.17, 15) is 4.39 Å². The molecule has 0 amide bonds. The van der Waals surface area contributed by atoms with Gasteiger partial charge in [0.15, 0.2) is 0 Å². The van der Waals surface area contributed by atoms with Crippen molar-refractivity contribution in [3.63, 3.8) is 0 Å². The molecule has 6 heteroatoms. The number of anilines is 3. The molecule has 4 rings (SSSR count). The van der Waals surface area contributed by atoms with Gasteiger partial charge in [-0.05, 0) is 53.4 Å². The van der Waals surface area contributed by atoms with Gasteiger partial charge in [0.05, 0.1) is 10.5 Å². The molecule has 0 saturated carbocycles. The van der Waals surface area contributed by atoms with E-state index in [4.69, 9.17) is 11.6 Å². The largest absolute Gasteiger partial charge is 0.381 e. The maximum Gasteiger partial charge on any atom is 0.141 e. The Bertz CT molecular complexity index is 1180. The minimum atomic E-state index is -0.456. The van der Waals surface area contributed by atoms with E-state index in [0.29, 0.717) is 24.0 Å². The summed E-state index contributed by atoms with van der Waals surface area (Å²) in [5, 5.41) is 7.58. The van der Waals surface area contributed by atoms with Gasteiger partial charge in [-0.1, -0.05) is 49.7 Å². The Hall–Kier alpha value is -3.18. The van der Waals surface area contributed by atoms with E-state index in [-0.39, 0.29) is 5.02 Å². The highest BCUT2D eigenvalue weighted by molar-refractivity contribution is 6.31. The predicted molar refractivity (Wildman–Crippen MR) is 122 cm³/mol. The molecule has 1 aromatic heterocycles. The number of nitrogens with zero attached hydrogens (tertiary/aromatic N) is 2. The zero-order chi connectivity index (χ0) is 21.1. The third kappa shape index (κ3) is 4.52. The quantitative estimate of drug-likeness (QED) is 0.356. The van der Waals surface area contributed by atoms with Crippen LogP contribution in [0.5, 0.6) is 0 Å². The number of benzene rings is 3. The molecule has 2 N–H and O–H groups in total. The lowest BCUT2D eigenvalue weighted by atomic mass is 10.0. The standard InChI is InChI=1S/C24H22ClFN4/c1-15(2)17-5-3-16(4-6-17)13-27-18-8-10-23-20(11-18)24(29-14-28-23)30-19-7-9-22(26)21(25)12-19/h3-12,14-15,27H,13H2,1-2H3,(H,28,29,30). The van der Waals surface area contributed by atoms with Crippen LogP contribution in [-0.2, 0) is 6.54 Å². The van der Waals surface area contributed by atoms with E-state index in [0.717, 1.165) is 16.6 Å². The molecule has 1 heterocycles. The lowest BCUT2D eigenvalue weighted by Gasteiger charge is -2.12. The number of rotatable bonds is 6. The summed E-state index contributed by atoms with van der Waals surface area (Å²) in [6.45, 7) is 5.10. The third-order valence-electron chi connectivity index (χ3n) is 4.96. The van der Waals surface area contributed by atoms with Crippen LogP contribution >= 0.6 is 11.6 Å². The summed E-state index contributed by atoms with van der Waals surface area (Å²) in [4.78, 5) is 8.69. The van der Waals surface area contributed by atoms with E-state index in [1.807, 2.05) is 18.2 Å². The first-order valence-corrected chi connectivity index (χ1v) is 10.2. The van der Waals surface area contributed by atoms with Crippen LogP contribution < -0.4 is 10.6 Å². The number of nitrogens with one attached hydrogen (secondary N) is 2. The van der Waals surface area contributed by atoms with E-state index < -0.39 is 5.82 Å². The minimum Gasteiger partial charge on any atom is -0.381 e. The fraction of sp³-hybridized carbons (Fsp3) is 0.167. The van der Waals surface area contributed by atoms with Gasteiger partial charge >= 0.3 is 0 Å². The lowest BCUT2D eigenvalue weighted by molar-refractivity contribution is 0.628. The summed E-state index contributed by atoms with van der Waals surface area (Å²) in [6, 6.07) is 19.1. The molecule has 3 aromatic carbocycles. The van der Waals surface area contributed by atoms with Crippen LogP contribution in [0.25, 0.3) is 10.9 Å². The Labute approximate surface area is 180 Å². The second-order valence-corrected chi connectivity index (χ2v) is 7.87. The molecule has 0 aliphatic carbocycles. The van der Waals surface area contributed by atoms with Crippen LogP contribution in [-0.4, -0.2) is 9.97 Å². The summed E-state index contributed by atoms with van der Waals surface area (Å²) in [5.74, 6) is 0.699. The number of fused-ring (bicyclic) bond motifs is 1. The first kappa shape index (κ1) is 20.1. The molecular formula is C24H22ClFN4. The van der Waals surface area contributed by atoms with Gasteiger partial charge in [0.1, 0.15) is 18.0 Å². The van der Waals surface area contributed by atoms with Crippen molar-refractivity contribution in [1.29, 1.82) is 0 Å². The Morgan fingerprint density at radius 3 is 2.43 bits per heavy atom. The van der Waals surface area contributed by atoms with Gasteiger partial charge in [0.2, 0.25) is 0 Å². The van der Waals surface area contributed by atoms with Crippen LogP contribution in [0.3, 0.4) is 0 Å². The molecule has 0 unspecified atom stereocenters. The molecule has 0 radical (unpaired) electrons. The van der Waals surface area contributed by atoms with Gasteiger partial charge in [-0.2, -0.15) is 0 Å². The molecule has 30 heavy (non-hydrogen) atoms. The van der Waals surface area contributed by atoms with Crippen molar-refractivity contribution in [2.45, 2.75) is 26.3 Å². The monoisotopic (exact) mass is 420 g/mol. The molecule has 152 valence electrons. The van der Waals surface area contributed by atoms with E-state index in [1.54, 1.807) is 6.07 Å². The second-order valence-electron chi connectivity index (χ2n) is 7.46. The second kappa shape index (κ2) is 8.67. The summed E-state index contributed by atoms with van der Waals surface area (Å²) >= 11 is 5.89.